The lowest BCUT2D eigenvalue weighted by atomic mass is 10.1. The summed E-state index contributed by atoms with van der Waals surface area (Å²) in [6, 6.07) is 15.9. The van der Waals surface area contributed by atoms with Crippen LogP contribution in [-0.4, -0.2) is 21.7 Å². The summed E-state index contributed by atoms with van der Waals surface area (Å²) in [4.78, 5) is 12.1. The number of aromatic nitrogens is 1. The van der Waals surface area contributed by atoms with Crippen molar-refractivity contribution in [2.24, 2.45) is 0 Å². The SMILES string of the molecule is O=C(O)c1c(CNC2CC2)c2ccccc2n1Cc1ccccc1Cl. The van der Waals surface area contributed by atoms with Crippen molar-refractivity contribution in [3.63, 3.8) is 0 Å². The second kappa shape index (κ2) is 6.54. The standard InChI is InChI=1S/C20H19ClN2O2/c21-17-7-3-1-5-13(17)12-23-18-8-4-2-6-15(18)16(19(23)20(24)25)11-22-14-9-10-14/h1-8,14,22H,9-12H2,(H,24,25). The van der Waals surface area contributed by atoms with Gasteiger partial charge in [-0.3, -0.25) is 0 Å². The van der Waals surface area contributed by atoms with Crippen LogP contribution in [0.15, 0.2) is 48.5 Å². The second-order valence-electron chi connectivity index (χ2n) is 6.48. The maximum absolute atomic E-state index is 12.1. The summed E-state index contributed by atoms with van der Waals surface area (Å²) in [6.45, 7) is 1.01. The first-order chi connectivity index (χ1) is 12.1. The van der Waals surface area contributed by atoms with Crippen LogP contribution in [0.25, 0.3) is 10.9 Å². The summed E-state index contributed by atoms with van der Waals surface area (Å²) in [7, 11) is 0. The number of carboxylic acids is 1. The topological polar surface area (TPSA) is 54.3 Å². The van der Waals surface area contributed by atoms with Gasteiger partial charge in [0.2, 0.25) is 0 Å². The summed E-state index contributed by atoms with van der Waals surface area (Å²) in [5.41, 5.74) is 3.03. The van der Waals surface area contributed by atoms with Crippen molar-refractivity contribution in [2.45, 2.75) is 32.0 Å². The summed E-state index contributed by atoms with van der Waals surface area (Å²) in [5.74, 6) is -0.907. The van der Waals surface area contributed by atoms with Crippen molar-refractivity contribution in [1.29, 1.82) is 0 Å². The molecule has 0 unspecified atom stereocenters. The number of benzene rings is 2. The monoisotopic (exact) mass is 354 g/mol. The first-order valence-corrected chi connectivity index (χ1v) is 8.83. The third-order valence-electron chi connectivity index (χ3n) is 4.71. The highest BCUT2D eigenvalue weighted by Gasteiger charge is 2.25. The Labute approximate surface area is 151 Å². The van der Waals surface area contributed by atoms with Gasteiger partial charge in [0, 0.05) is 40.6 Å². The lowest BCUT2D eigenvalue weighted by Gasteiger charge is -2.11. The highest BCUT2D eigenvalue weighted by atomic mass is 35.5. The molecule has 1 fully saturated rings. The van der Waals surface area contributed by atoms with Crippen LogP contribution in [0.4, 0.5) is 0 Å². The highest BCUT2D eigenvalue weighted by molar-refractivity contribution is 6.31. The minimum absolute atomic E-state index is 0.342. The van der Waals surface area contributed by atoms with Gasteiger partial charge in [-0.05, 0) is 30.5 Å². The summed E-state index contributed by atoms with van der Waals surface area (Å²) < 4.78 is 1.86. The number of nitrogens with one attached hydrogen (secondary N) is 1. The average molecular weight is 355 g/mol. The summed E-state index contributed by atoms with van der Waals surface area (Å²) >= 11 is 6.30. The number of rotatable bonds is 6. The molecule has 0 atom stereocenters. The maximum Gasteiger partial charge on any atom is 0.352 e. The van der Waals surface area contributed by atoms with Crippen LogP contribution < -0.4 is 5.32 Å². The van der Waals surface area contributed by atoms with Crippen LogP contribution in [0, 0.1) is 0 Å². The third kappa shape index (κ3) is 3.15. The predicted molar refractivity (Wildman–Crippen MR) is 99.3 cm³/mol. The molecule has 0 saturated heterocycles. The molecule has 1 aliphatic carbocycles. The van der Waals surface area contributed by atoms with E-state index in [0.29, 0.717) is 29.8 Å². The fourth-order valence-electron chi connectivity index (χ4n) is 3.29. The maximum atomic E-state index is 12.1. The predicted octanol–water partition coefficient (Wildman–Crippen LogP) is 4.29. The zero-order chi connectivity index (χ0) is 17.4. The van der Waals surface area contributed by atoms with Crippen molar-refractivity contribution in [1.82, 2.24) is 9.88 Å². The molecule has 25 heavy (non-hydrogen) atoms. The molecule has 5 heteroatoms. The summed E-state index contributed by atoms with van der Waals surface area (Å²) in [5, 5.41) is 15.0. The summed E-state index contributed by atoms with van der Waals surface area (Å²) in [6.07, 6.45) is 2.33. The van der Waals surface area contributed by atoms with Crippen molar-refractivity contribution in [2.75, 3.05) is 0 Å². The van der Waals surface area contributed by atoms with Crippen molar-refractivity contribution in [3.05, 3.63) is 70.4 Å². The third-order valence-corrected chi connectivity index (χ3v) is 5.08. The highest BCUT2D eigenvalue weighted by Crippen LogP contribution is 2.30. The van der Waals surface area contributed by atoms with Crippen LogP contribution in [0.5, 0.6) is 0 Å². The molecule has 2 aromatic carbocycles. The molecule has 2 N–H and O–H groups in total. The molecule has 0 amide bonds. The number of para-hydroxylation sites is 1. The van der Waals surface area contributed by atoms with Gasteiger partial charge in [0.15, 0.2) is 0 Å². The normalized spacial score (nSPS) is 14.1. The first kappa shape index (κ1) is 16.2. The Bertz CT molecular complexity index is 944. The van der Waals surface area contributed by atoms with E-state index >= 15 is 0 Å². The Morgan fingerprint density at radius 1 is 1.16 bits per heavy atom. The number of hydrogen-bond donors (Lipinski definition) is 2. The van der Waals surface area contributed by atoms with Crippen LogP contribution >= 0.6 is 11.6 Å². The molecule has 0 bridgehead atoms. The number of carboxylic acid groups (broad SMARTS) is 1. The Morgan fingerprint density at radius 3 is 2.60 bits per heavy atom. The van der Waals surface area contributed by atoms with Gasteiger partial charge in [-0.1, -0.05) is 48.0 Å². The van der Waals surface area contributed by atoms with Gasteiger partial charge in [0.25, 0.3) is 0 Å². The quantitative estimate of drug-likeness (QED) is 0.694. The van der Waals surface area contributed by atoms with E-state index in [1.54, 1.807) is 0 Å². The molecule has 1 aromatic heterocycles. The lowest BCUT2D eigenvalue weighted by Crippen LogP contribution is -2.19. The molecule has 3 aromatic rings. The number of nitrogens with zero attached hydrogens (tertiary/aromatic N) is 1. The molecule has 1 aliphatic rings. The number of halogens is 1. The molecule has 4 rings (SSSR count). The van der Waals surface area contributed by atoms with E-state index in [0.717, 1.165) is 22.0 Å². The Morgan fingerprint density at radius 2 is 1.88 bits per heavy atom. The second-order valence-corrected chi connectivity index (χ2v) is 6.89. The van der Waals surface area contributed by atoms with Crippen LogP contribution in [0.2, 0.25) is 5.02 Å². The van der Waals surface area contributed by atoms with Crippen molar-refractivity contribution >= 4 is 28.5 Å². The molecule has 1 saturated carbocycles. The van der Waals surface area contributed by atoms with E-state index in [9.17, 15) is 9.90 Å². The number of hydrogen-bond acceptors (Lipinski definition) is 2. The Balaban J connectivity index is 1.85. The van der Waals surface area contributed by atoms with Crippen molar-refractivity contribution in [3.8, 4) is 0 Å². The molecule has 128 valence electrons. The van der Waals surface area contributed by atoms with Crippen LogP contribution in [0.3, 0.4) is 0 Å². The van der Waals surface area contributed by atoms with Gasteiger partial charge in [-0.2, -0.15) is 0 Å². The Hall–Kier alpha value is -2.30. The van der Waals surface area contributed by atoms with Gasteiger partial charge in [0.1, 0.15) is 5.69 Å². The smallest absolute Gasteiger partial charge is 0.352 e. The zero-order valence-electron chi connectivity index (χ0n) is 13.7. The molecular formula is C20H19ClN2O2. The van der Waals surface area contributed by atoms with Gasteiger partial charge in [-0.25, -0.2) is 4.79 Å². The van der Waals surface area contributed by atoms with E-state index in [4.69, 9.17) is 11.6 Å². The van der Waals surface area contributed by atoms with Gasteiger partial charge in [0.05, 0.1) is 0 Å². The van der Waals surface area contributed by atoms with Crippen LogP contribution in [0.1, 0.15) is 34.5 Å². The van der Waals surface area contributed by atoms with Crippen LogP contribution in [-0.2, 0) is 13.1 Å². The fourth-order valence-corrected chi connectivity index (χ4v) is 3.49. The van der Waals surface area contributed by atoms with E-state index in [1.807, 2.05) is 53.1 Å². The number of fused-ring (bicyclic) bond motifs is 1. The molecule has 0 spiro atoms. The van der Waals surface area contributed by atoms with E-state index in [1.165, 1.54) is 12.8 Å². The largest absolute Gasteiger partial charge is 0.477 e. The zero-order valence-corrected chi connectivity index (χ0v) is 14.5. The minimum atomic E-state index is -0.907. The molecule has 0 aliphatic heterocycles. The molecule has 0 radical (unpaired) electrons. The number of carbonyl (C=O) groups is 1. The molecule has 1 heterocycles. The average Bonchev–Trinajstić information content (AvgIpc) is 3.38. The minimum Gasteiger partial charge on any atom is -0.477 e. The van der Waals surface area contributed by atoms with Gasteiger partial charge >= 0.3 is 5.97 Å². The first-order valence-electron chi connectivity index (χ1n) is 8.45. The van der Waals surface area contributed by atoms with Gasteiger partial charge < -0.3 is 15.0 Å². The van der Waals surface area contributed by atoms with E-state index < -0.39 is 5.97 Å². The van der Waals surface area contributed by atoms with E-state index in [-0.39, 0.29) is 0 Å². The molecular weight excluding hydrogens is 336 g/mol. The number of aromatic carboxylic acids is 1. The molecule has 4 nitrogen and oxygen atoms in total. The fraction of sp³-hybridized carbons (Fsp3) is 0.250. The lowest BCUT2D eigenvalue weighted by molar-refractivity contribution is 0.0684. The van der Waals surface area contributed by atoms with E-state index in [2.05, 4.69) is 5.32 Å². The van der Waals surface area contributed by atoms with Crippen molar-refractivity contribution < 1.29 is 9.90 Å². The van der Waals surface area contributed by atoms with Gasteiger partial charge in [-0.15, -0.1) is 0 Å². The Kier molecular flexibility index (Phi) is 4.24.